The van der Waals surface area contributed by atoms with Crippen molar-refractivity contribution >= 4 is 34.2 Å². The van der Waals surface area contributed by atoms with Crippen LogP contribution in [0, 0.1) is 24.0 Å². The summed E-state index contributed by atoms with van der Waals surface area (Å²) in [5.41, 5.74) is 3.45. The van der Waals surface area contributed by atoms with Gasteiger partial charge in [-0.05, 0) is 43.2 Å². The number of nitrogens with zero attached hydrogens (tertiary/aromatic N) is 1. The number of benzene rings is 2. The van der Waals surface area contributed by atoms with Crippen LogP contribution < -0.4 is 4.74 Å². The molecule has 0 atom stereocenters. The number of nitro groups is 1. The second-order valence-corrected chi connectivity index (χ2v) is 6.12. The molecule has 1 heterocycles. The van der Waals surface area contributed by atoms with E-state index in [-0.39, 0.29) is 22.9 Å². The van der Waals surface area contributed by atoms with Crippen molar-refractivity contribution in [3.63, 3.8) is 0 Å². The first-order chi connectivity index (χ1) is 11.8. The number of rotatable bonds is 4. The van der Waals surface area contributed by atoms with Gasteiger partial charge in [0, 0.05) is 23.1 Å². The fourth-order valence-corrected chi connectivity index (χ4v) is 2.69. The lowest BCUT2D eigenvalue weighted by atomic mass is 10.0. The summed E-state index contributed by atoms with van der Waals surface area (Å²) < 4.78 is 10.7. The van der Waals surface area contributed by atoms with Crippen molar-refractivity contribution in [2.24, 2.45) is 0 Å². The number of ether oxygens (including phenoxy) is 1. The smallest absolute Gasteiger partial charge is 0.315 e. The van der Waals surface area contributed by atoms with Crippen molar-refractivity contribution in [1.29, 1.82) is 0 Å². The number of nitro benzene ring substituents is 1. The van der Waals surface area contributed by atoms with Gasteiger partial charge in [0.25, 0.3) is 5.69 Å². The van der Waals surface area contributed by atoms with Crippen molar-refractivity contribution in [3.8, 4) is 5.75 Å². The standard InChI is InChI=1S/C18H14ClNO5/c1-10-5-14-12(9-24-17(14)6-11(10)2)7-18(21)25-16-4-3-13(20(22)23)8-15(16)19/h3-6,8-9H,7H2,1-2H3. The van der Waals surface area contributed by atoms with Crippen LogP contribution >= 0.6 is 11.6 Å². The average Bonchev–Trinajstić information content (AvgIpc) is 2.91. The summed E-state index contributed by atoms with van der Waals surface area (Å²) in [4.78, 5) is 22.3. The van der Waals surface area contributed by atoms with E-state index in [1.54, 1.807) is 0 Å². The molecule has 0 saturated carbocycles. The van der Waals surface area contributed by atoms with E-state index in [1.807, 2.05) is 26.0 Å². The van der Waals surface area contributed by atoms with Crippen LogP contribution in [0.5, 0.6) is 5.75 Å². The van der Waals surface area contributed by atoms with Gasteiger partial charge in [-0.2, -0.15) is 0 Å². The minimum absolute atomic E-state index is 0.00280. The fraction of sp³-hybridized carbons (Fsp3) is 0.167. The van der Waals surface area contributed by atoms with E-state index in [0.717, 1.165) is 22.6 Å². The summed E-state index contributed by atoms with van der Waals surface area (Å²) >= 11 is 5.93. The highest BCUT2D eigenvalue weighted by atomic mass is 35.5. The van der Waals surface area contributed by atoms with Gasteiger partial charge in [0.1, 0.15) is 11.3 Å². The van der Waals surface area contributed by atoms with Crippen LogP contribution in [0.2, 0.25) is 5.02 Å². The Kier molecular flexibility index (Phi) is 4.46. The summed E-state index contributed by atoms with van der Waals surface area (Å²) in [5.74, 6) is -0.450. The van der Waals surface area contributed by atoms with Crippen LogP contribution in [0.3, 0.4) is 0 Å². The van der Waals surface area contributed by atoms with E-state index in [2.05, 4.69) is 0 Å². The van der Waals surface area contributed by atoms with Gasteiger partial charge in [-0.1, -0.05) is 11.6 Å². The highest BCUT2D eigenvalue weighted by Gasteiger charge is 2.16. The third-order valence-corrected chi connectivity index (χ3v) is 4.25. The molecule has 6 nitrogen and oxygen atoms in total. The molecule has 1 aromatic heterocycles. The number of esters is 1. The van der Waals surface area contributed by atoms with Crippen molar-refractivity contribution in [3.05, 3.63) is 68.4 Å². The molecule has 7 heteroatoms. The van der Waals surface area contributed by atoms with E-state index in [4.69, 9.17) is 20.8 Å². The molecule has 3 rings (SSSR count). The topological polar surface area (TPSA) is 82.6 Å². The van der Waals surface area contributed by atoms with Crippen LogP contribution in [0.15, 0.2) is 41.0 Å². The number of furan rings is 1. The second kappa shape index (κ2) is 6.57. The van der Waals surface area contributed by atoms with Gasteiger partial charge in [0.2, 0.25) is 0 Å². The highest BCUT2D eigenvalue weighted by Crippen LogP contribution is 2.30. The number of aryl methyl sites for hydroxylation is 2. The zero-order chi connectivity index (χ0) is 18.1. The predicted molar refractivity (Wildman–Crippen MR) is 93.1 cm³/mol. The normalized spacial score (nSPS) is 10.8. The SMILES string of the molecule is Cc1cc2occ(CC(=O)Oc3ccc([N+](=O)[O-])cc3Cl)c2cc1C. The molecular weight excluding hydrogens is 346 g/mol. The van der Waals surface area contributed by atoms with Gasteiger partial charge in [-0.25, -0.2) is 0 Å². The largest absolute Gasteiger partial charge is 0.464 e. The molecule has 0 aliphatic heterocycles. The van der Waals surface area contributed by atoms with Crippen LogP contribution in [-0.2, 0) is 11.2 Å². The summed E-state index contributed by atoms with van der Waals surface area (Å²) in [7, 11) is 0. The number of carbonyl (C=O) groups excluding carboxylic acids is 1. The molecule has 128 valence electrons. The van der Waals surface area contributed by atoms with E-state index < -0.39 is 10.9 Å². The molecule has 0 aliphatic rings. The highest BCUT2D eigenvalue weighted by molar-refractivity contribution is 6.32. The molecule has 0 aliphatic carbocycles. The maximum Gasteiger partial charge on any atom is 0.315 e. The van der Waals surface area contributed by atoms with Crippen LogP contribution in [0.4, 0.5) is 5.69 Å². The van der Waals surface area contributed by atoms with E-state index in [0.29, 0.717) is 11.1 Å². The zero-order valence-corrected chi connectivity index (χ0v) is 14.3. The predicted octanol–water partition coefficient (Wildman–Crippen LogP) is 4.76. The minimum Gasteiger partial charge on any atom is -0.464 e. The number of hydrogen-bond donors (Lipinski definition) is 0. The summed E-state index contributed by atoms with van der Waals surface area (Å²) in [6.45, 7) is 3.97. The summed E-state index contributed by atoms with van der Waals surface area (Å²) in [5, 5.41) is 11.6. The number of halogens is 1. The molecule has 3 aromatic rings. The Bertz CT molecular complexity index is 993. The maximum atomic E-state index is 12.2. The monoisotopic (exact) mass is 359 g/mol. The van der Waals surface area contributed by atoms with E-state index >= 15 is 0 Å². The number of non-ortho nitro benzene ring substituents is 1. The van der Waals surface area contributed by atoms with Crippen LogP contribution in [0.25, 0.3) is 11.0 Å². The molecule has 0 saturated heterocycles. The fourth-order valence-electron chi connectivity index (χ4n) is 2.47. The molecule has 2 aromatic carbocycles. The molecule has 0 unspecified atom stereocenters. The van der Waals surface area contributed by atoms with E-state index in [9.17, 15) is 14.9 Å². The van der Waals surface area contributed by atoms with Crippen molar-refractivity contribution in [2.75, 3.05) is 0 Å². The molecule has 25 heavy (non-hydrogen) atoms. The summed E-state index contributed by atoms with van der Waals surface area (Å²) in [6, 6.07) is 7.57. The molecule has 0 spiro atoms. The second-order valence-electron chi connectivity index (χ2n) is 5.72. The Balaban J connectivity index is 1.79. The zero-order valence-electron chi connectivity index (χ0n) is 13.5. The van der Waals surface area contributed by atoms with Crippen LogP contribution in [-0.4, -0.2) is 10.9 Å². The molecule has 0 bridgehead atoms. The van der Waals surface area contributed by atoms with Crippen LogP contribution in [0.1, 0.15) is 16.7 Å². The minimum atomic E-state index is -0.570. The van der Waals surface area contributed by atoms with Gasteiger partial charge < -0.3 is 9.15 Å². The molecule has 0 radical (unpaired) electrons. The number of carbonyl (C=O) groups is 1. The molecule has 0 amide bonds. The quantitative estimate of drug-likeness (QED) is 0.290. The number of hydrogen-bond acceptors (Lipinski definition) is 5. The first-order valence-electron chi connectivity index (χ1n) is 7.47. The van der Waals surface area contributed by atoms with E-state index in [1.165, 1.54) is 18.4 Å². The van der Waals surface area contributed by atoms with Gasteiger partial charge in [0.05, 0.1) is 22.6 Å². The average molecular weight is 360 g/mol. The van der Waals surface area contributed by atoms with Gasteiger partial charge in [0.15, 0.2) is 0 Å². The first kappa shape index (κ1) is 17.0. The first-order valence-corrected chi connectivity index (χ1v) is 7.85. The molecular formula is C18H14ClNO5. The lowest BCUT2D eigenvalue weighted by Gasteiger charge is -2.06. The lowest BCUT2D eigenvalue weighted by molar-refractivity contribution is -0.384. The third kappa shape index (κ3) is 3.49. The van der Waals surface area contributed by atoms with Crippen molar-refractivity contribution in [1.82, 2.24) is 0 Å². The lowest BCUT2D eigenvalue weighted by Crippen LogP contribution is -2.11. The summed E-state index contributed by atoms with van der Waals surface area (Å²) in [6.07, 6.45) is 1.53. The maximum absolute atomic E-state index is 12.2. The Labute approximate surface area is 148 Å². The van der Waals surface area contributed by atoms with Gasteiger partial charge in [-0.3, -0.25) is 14.9 Å². The Morgan fingerprint density at radius 1 is 1.24 bits per heavy atom. The molecule has 0 N–H and O–H groups in total. The Hall–Kier alpha value is -2.86. The Morgan fingerprint density at radius 2 is 1.96 bits per heavy atom. The van der Waals surface area contributed by atoms with Crippen molar-refractivity contribution < 1.29 is 18.9 Å². The number of fused-ring (bicyclic) bond motifs is 1. The Morgan fingerprint density at radius 3 is 2.64 bits per heavy atom. The van der Waals surface area contributed by atoms with Gasteiger partial charge in [-0.15, -0.1) is 0 Å². The van der Waals surface area contributed by atoms with Crippen molar-refractivity contribution in [2.45, 2.75) is 20.3 Å². The third-order valence-electron chi connectivity index (χ3n) is 3.95. The van der Waals surface area contributed by atoms with Gasteiger partial charge >= 0.3 is 5.97 Å². The molecule has 0 fully saturated rings.